The molecule has 5 aromatic rings. The Balaban J connectivity index is 1.22. The lowest BCUT2D eigenvalue weighted by molar-refractivity contribution is -0.276. The summed E-state index contributed by atoms with van der Waals surface area (Å²) in [6, 6.07) is 22.4. The van der Waals surface area contributed by atoms with E-state index in [0.29, 0.717) is 22.9 Å². The molecule has 1 aliphatic heterocycles. The van der Waals surface area contributed by atoms with Crippen LogP contribution in [0.4, 0.5) is 5.69 Å². The summed E-state index contributed by atoms with van der Waals surface area (Å²) >= 11 is 12.5. The average molecular weight is 604 g/mol. The van der Waals surface area contributed by atoms with Crippen molar-refractivity contribution in [2.75, 3.05) is 5.32 Å². The summed E-state index contributed by atoms with van der Waals surface area (Å²) in [5.41, 5.74) is 4.75. The normalized spacial score (nSPS) is 20.5. The zero-order valence-electron chi connectivity index (χ0n) is 22.5. The fourth-order valence-corrected chi connectivity index (χ4v) is 5.29. The molecule has 0 aliphatic carbocycles. The molecule has 3 heterocycles. The predicted molar refractivity (Wildman–Crippen MR) is 159 cm³/mol. The summed E-state index contributed by atoms with van der Waals surface area (Å²) in [5, 5.41) is 12.9. The molecule has 1 amide bonds. The maximum Gasteiger partial charge on any atom is 0.275 e. The van der Waals surface area contributed by atoms with E-state index in [1.165, 1.54) is 6.20 Å². The summed E-state index contributed by atoms with van der Waals surface area (Å²) < 4.78 is 14.7. The minimum absolute atomic E-state index is 0.0358. The molecule has 2 N–H and O–H groups in total. The molecule has 1 saturated heterocycles. The zero-order chi connectivity index (χ0) is 29.2. The lowest BCUT2D eigenvalue weighted by Crippen LogP contribution is -2.39. The number of aromatic nitrogens is 4. The van der Waals surface area contributed by atoms with Crippen LogP contribution in [0.2, 0.25) is 10.3 Å². The third-order valence-corrected chi connectivity index (χ3v) is 8.12. The van der Waals surface area contributed by atoms with E-state index < -0.39 is 6.29 Å². The molecular weight excluding hydrogens is 577 g/mol. The average Bonchev–Trinajstić information content (AvgIpc) is 3.34. The smallest absolute Gasteiger partial charge is 0.275 e. The minimum Gasteiger partial charge on any atom is -0.392 e. The maximum atomic E-state index is 12.9. The van der Waals surface area contributed by atoms with E-state index >= 15 is 0 Å². The number of aliphatic hydroxyl groups excluding tert-OH is 1. The number of halogens is 2. The molecule has 1 aliphatic rings. The van der Waals surface area contributed by atoms with Gasteiger partial charge in [-0.25, -0.2) is 9.97 Å². The largest absolute Gasteiger partial charge is 0.392 e. The van der Waals surface area contributed by atoms with Crippen molar-refractivity contribution in [1.29, 1.82) is 0 Å². The number of carbonyl (C=O) groups excluding carboxylic acids is 1. The van der Waals surface area contributed by atoms with Gasteiger partial charge in [0.25, 0.3) is 5.91 Å². The van der Waals surface area contributed by atoms with Gasteiger partial charge in [0.1, 0.15) is 10.8 Å². The van der Waals surface area contributed by atoms with Gasteiger partial charge >= 0.3 is 0 Å². The lowest BCUT2D eigenvalue weighted by atomic mass is 9.90. The fourth-order valence-electron chi connectivity index (χ4n) is 4.98. The molecule has 6 rings (SSSR count). The van der Waals surface area contributed by atoms with Crippen molar-refractivity contribution in [3.63, 3.8) is 0 Å². The second-order valence-corrected chi connectivity index (χ2v) is 10.8. The number of fused-ring (bicyclic) bond motifs is 1. The number of hydrogen-bond acceptors (Lipinski definition) is 7. The Labute approximate surface area is 252 Å². The third kappa shape index (κ3) is 5.88. The quantitative estimate of drug-likeness (QED) is 0.222. The number of aliphatic hydroxyl groups is 1. The molecule has 42 heavy (non-hydrogen) atoms. The summed E-state index contributed by atoms with van der Waals surface area (Å²) in [4.78, 5) is 25.7. The van der Waals surface area contributed by atoms with Crippen LogP contribution in [0.1, 0.15) is 46.5 Å². The van der Waals surface area contributed by atoms with Crippen LogP contribution in [0.5, 0.6) is 0 Å². The molecular formula is C31H27Cl2N5O4. The van der Waals surface area contributed by atoms with Gasteiger partial charge in [-0.15, -0.1) is 0 Å². The first kappa shape index (κ1) is 28.3. The third-order valence-electron chi connectivity index (χ3n) is 7.35. The number of para-hydroxylation sites is 2. The minimum atomic E-state index is -0.692. The van der Waals surface area contributed by atoms with Crippen LogP contribution in [-0.2, 0) is 22.6 Å². The first-order valence-electron chi connectivity index (χ1n) is 13.4. The molecule has 1 fully saturated rings. The number of nitrogens with one attached hydrogen (secondary N) is 1. The van der Waals surface area contributed by atoms with Crippen molar-refractivity contribution >= 4 is 45.8 Å². The van der Waals surface area contributed by atoms with Crippen LogP contribution in [0.25, 0.3) is 11.0 Å². The van der Waals surface area contributed by atoms with Crippen LogP contribution in [0.15, 0.2) is 85.3 Å². The number of benzene rings is 3. The monoisotopic (exact) mass is 603 g/mol. The highest BCUT2D eigenvalue weighted by molar-refractivity contribution is 6.40. The van der Waals surface area contributed by atoms with Crippen molar-refractivity contribution in [3.8, 4) is 0 Å². The van der Waals surface area contributed by atoms with Crippen LogP contribution in [0.3, 0.4) is 0 Å². The molecule has 0 spiro atoms. The van der Waals surface area contributed by atoms with Gasteiger partial charge in [-0.05, 0) is 35.4 Å². The Morgan fingerprint density at radius 1 is 0.952 bits per heavy atom. The van der Waals surface area contributed by atoms with Gasteiger partial charge in [-0.3, -0.25) is 9.78 Å². The zero-order valence-corrected chi connectivity index (χ0v) is 24.0. The van der Waals surface area contributed by atoms with Crippen LogP contribution in [-0.4, -0.2) is 36.6 Å². The Hall–Kier alpha value is -3.86. The number of amides is 1. The topological polar surface area (TPSA) is 111 Å². The highest BCUT2D eigenvalue weighted by Gasteiger charge is 2.38. The molecule has 0 radical (unpaired) electrons. The summed E-state index contributed by atoms with van der Waals surface area (Å²) in [5.74, 6) is -0.414. The van der Waals surface area contributed by atoms with Gasteiger partial charge in [-0.2, -0.15) is 0 Å². The van der Waals surface area contributed by atoms with Crippen LogP contribution < -0.4 is 5.32 Å². The number of anilines is 1. The lowest BCUT2D eigenvalue weighted by Gasteiger charge is -2.41. The standard InChI is InChI=1S/C31H27Cl2N5O4/c1-18-26(15-38-17-35-28(32)29(38)33)41-31(42-27(18)20-8-6-19(16-39)7-9-20)21-10-12-22(13-11-21)36-30(40)25-14-34-23-4-2-3-5-24(23)37-25/h2-14,17-18,26-27,31,39H,15-16H2,1H3,(H,36,40)/t18-,26+,27+,31+/m0/s1. The predicted octanol–water partition coefficient (Wildman–Crippen LogP) is 6.37. The van der Waals surface area contributed by atoms with E-state index in [-0.39, 0.29) is 41.5 Å². The first-order valence-corrected chi connectivity index (χ1v) is 14.1. The number of rotatable bonds is 7. The van der Waals surface area contributed by atoms with E-state index in [9.17, 15) is 9.90 Å². The van der Waals surface area contributed by atoms with Crippen molar-refractivity contribution in [3.05, 3.63) is 118 Å². The van der Waals surface area contributed by atoms with Crippen LogP contribution >= 0.6 is 23.2 Å². The number of carbonyl (C=O) groups is 1. The van der Waals surface area contributed by atoms with Crippen LogP contribution in [0, 0.1) is 5.92 Å². The summed E-state index contributed by atoms with van der Waals surface area (Å²) in [6.07, 6.45) is 1.77. The second-order valence-electron chi connectivity index (χ2n) is 10.1. The Morgan fingerprint density at radius 2 is 1.67 bits per heavy atom. The molecule has 4 atom stereocenters. The highest BCUT2D eigenvalue weighted by Crippen LogP contribution is 2.42. The van der Waals surface area contributed by atoms with Crippen molar-refractivity contribution in [2.45, 2.75) is 38.6 Å². The van der Waals surface area contributed by atoms with Crippen molar-refractivity contribution in [1.82, 2.24) is 19.5 Å². The molecule has 2 aromatic heterocycles. The van der Waals surface area contributed by atoms with Crippen molar-refractivity contribution < 1.29 is 19.4 Å². The van der Waals surface area contributed by atoms with Gasteiger partial charge in [0.05, 0.1) is 48.9 Å². The van der Waals surface area contributed by atoms with Gasteiger partial charge < -0.3 is 24.5 Å². The summed E-state index contributed by atoms with van der Waals surface area (Å²) in [7, 11) is 0. The second kappa shape index (κ2) is 12.2. The van der Waals surface area contributed by atoms with Gasteiger partial charge in [0.15, 0.2) is 11.4 Å². The Bertz CT molecular complexity index is 1710. The van der Waals surface area contributed by atoms with Gasteiger partial charge in [0, 0.05) is 17.2 Å². The van der Waals surface area contributed by atoms with E-state index in [4.69, 9.17) is 32.7 Å². The SMILES string of the molecule is C[C@H]1[C@@H](Cn2cnc(Cl)c2Cl)O[C@@H](c2ccc(NC(=O)c3cnc4ccccc4n3)cc2)O[C@H]1c1ccc(CO)cc1. The summed E-state index contributed by atoms with van der Waals surface area (Å²) in [6.45, 7) is 2.45. The van der Waals surface area contributed by atoms with E-state index in [1.54, 1.807) is 23.0 Å². The molecule has 0 bridgehead atoms. The molecule has 214 valence electrons. The molecule has 3 aromatic carbocycles. The van der Waals surface area contributed by atoms with E-state index in [2.05, 4.69) is 27.2 Å². The number of imidazole rings is 1. The maximum absolute atomic E-state index is 12.9. The van der Waals surface area contributed by atoms with E-state index in [0.717, 1.165) is 22.2 Å². The number of ether oxygens (including phenoxy) is 2. The first-order chi connectivity index (χ1) is 20.4. The molecule has 0 unspecified atom stereocenters. The molecule has 9 nitrogen and oxygen atoms in total. The van der Waals surface area contributed by atoms with Crippen molar-refractivity contribution in [2.24, 2.45) is 5.92 Å². The number of hydrogen-bond donors (Lipinski definition) is 2. The highest BCUT2D eigenvalue weighted by atomic mass is 35.5. The molecule has 11 heteroatoms. The van der Waals surface area contributed by atoms with E-state index in [1.807, 2.05) is 60.7 Å². The Kier molecular flexibility index (Phi) is 8.19. The Morgan fingerprint density at radius 3 is 2.36 bits per heavy atom. The fraction of sp³-hybridized carbons (Fsp3) is 0.226. The molecule has 0 saturated carbocycles. The number of nitrogens with zero attached hydrogens (tertiary/aromatic N) is 4. The van der Waals surface area contributed by atoms with Gasteiger partial charge in [0.2, 0.25) is 0 Å². The van der Waals surface area contributed by atoms with Gasteiger partial charge in [-0.1, -0.05) is 78.7 Å².